The van der Waals surface area contributed by atoms with Crippen LogP contribution in [0.5, 0.6) is 0 Å². The molecule has 5 heteroatoms. The van der Waals surface area contributed by atoms with Crippen LogP contribution < -0.4 is 5.32 Å². The summed E-state index contributed by atoms with van der Waals surface area (Å²) in [5.74, 6) is -2.42. The first-order valence-corrected chi connectivity index (χ1v) is 6.82. The SMILES string of the molecule is Cc1c(Cl)cccc1NC(=O)[C@H]1CC=CC[C@H]1C(=O)O. The molecule has 0 aliphatic heterocycles. The number of rotatable bonds is 3. The van der Waals surface area contributed by atoms with Crippen molar-refractivity contribution in [1.82, 2.24) is 0 Å². The number of hydrogen-bond donors (Lipinski definition) is 2. The number of benzene rings is 1. The molecule has 0 fully saturated rings. The number of carbonyl (C=O) groups excluding carboxylic acids is 1. The lowest BCUT2D eigenvalue weighted by atomic mass is 9.82. The molecule has 0 bridgehead atoms. The minimum absolute atomic E-state index is 0.271. The van der Waals surface area contributed by atoms with Crippen LogP contribution in [0.4, 0.5) is 5.69 Å². The number of nitrogens with one attached hydrogen (secondary N) is 1. The quantitative estimate of drug-likeness (QED) is 0.841. The zero-order valence-electron chi connectivity index (χ0n) is 11.1. The van der Waals surface area contributed by atoms with Crippen molar-refractivity contribution < 1.29 is 14.7 Å². The first-order valence-electron chi connectivity index (χ1n) is 6.44. The van der Waals surface area contributed by atoms with E-state index < -0.39 is 17.8 Å². The molecule has 0 aromatic heterocycles. The summed E-state index contributed by atoms with van der Waals surface area (Å²) in [5.41, 5.74) is 1.40. The molecule has 4 nitrogen and oxygen atoms in total. The molecule has 0 saturated heterocycles. The molecule has 0 saturated carbocycles. The van der Waals surface area contributed by atoms with Gasteiger partial charge in [-0.3, -0.25) is 9.59 Å². The van der Waals surface area contributed by atoms with Crippen molar-refractivity contribution in [2.24, 2.45) is 11.8 Å². The highest BCUT2D eigenvalue weighted by atomic mass is 35.5. The maximum Gasteiger partial charge on any atom is 0.307 e. The number of aliphatic carboxylic acids is 1. The van der Waals surface area contributed by atoms with Crippen molar-refractivity contribution in [3.8, 4) is 0 Å². The summed E-state index contributed by atoms with van der Waals surface area (Å²) in [6.45, 7) is 1.81. The standard InChI is InChI=1S/C15H16ClNO3/c1-9-12(16)7-4-8-13(9)17-14(18)10-5-2-3-6-11(10)15(19)20/h2-4,7-8,10-11H,5-6H2,1H3,(H,17,18)(H,19,20)/t10-,11+/m0/s1. The molecular weight excluding hydrogens is 278 g/mol. The van der Waals surface area contributed by atoms with Crippen molar-refractivity contribution in [2.45, 2.75) is 19.8 Å². The average molecular weight is 294 g/mol. The van der Waals surface area contributed by atoms with Gasteiger partial charge in [0, 0.05) is 10.7 Å². The Bertz CT molecular complexity index is 568. The fourth-order valence-electron chi connectivity index (χ4n) is 2.35. The van der Waals surface area contributed by atoms with Crippen molar-refractivity contribution >= 4 is 29.2 Å². The van der Waals surface area contributed by atoms with Gasteiger partial charge in [-0.15, -0.1) is 0 Å². The molecular formula is C15H16ClNO3. The number of carboxylic acid groups (broad SMARTS) is 1. The van der Waals surface area contributed by atoms with Crippen LogP contribution in [0.3, 0.4) is 0 Å². The normalized spacial score (nSPS) is 21.5. The van der Waals surface area contributed by atoms with E-state index in [0.29, 0.717) is 23.6 Å². The van der Waals surface area contributed by atoms with E-state index in [9.17, 15) is 14.7 Å². The molecule has 1 aromatic carbocycles. The Kier molecular flexibility index (Phi) is 4.45. The van der Waals surface area contributed by atoms with Crippen LogP contribution in [0.1, 0.15) is 18.4 Å². The van der Waals surface area contributed by atoms with E-state index in [1.54, 1.807) is 18.2 Å². The highest BCUT2D eigenvalue weighted by Crippen LogP contribution is 2.29. The number of allylic oxidation sites excluding steroid dienone is 2. The Morgan fingerprint density at radius 1 is 1.25 bits per heavy atom. The van der Waals surface area contributed by atoms with Gasteiger partial charge in [-0.05, 0) is 37.5 Å². The van der Waals surface area contributed by atoms with Crippen LogP contribution in [0.2, 0.25) is 5.02 Å². The summed E-state index contributed by atoms with van der Waals surface area (Å²) in [5, 5.41) is 12.5. The number of carboxylic acids is 1. The number of anilines is 1. The van der Waals surface area contributed by atoms with Gasteiger partial charge in [0.25, 0.3) is 0 Å². The van der Waals surface area contributed by atoms with Crippen LogP contribution in [0, 0.1) is 18.8 Å². The predicted octanol–water partition coefficient (Wildman–Crippen LogP) is 3.25. The van der Waals surface area contributed by atoms with Gasteiger partial charge in [0.15, 0.2) is 0 Å². The van der Waals surface area contributed by atoms with E-state index in [2.05, 4.69) is 5.32 Å². The highest BCUT2D eigenvalue weighted by molar-refractivity contribution is 6.31. The largest absolute Gasteiger partial charge is 0.481 e. The molecule has 2 N–H and O–H groups in total. The molecule has 1 aromatic rings. The van der Waals surface area contributed by atoms with Crippen LogP contribution >= 0.6 is 11.6 Å². The number of amides is 1. The van der Waals surface area contributed by atoms with Crippen molar-refractivity contribution in [1.29, 1.82) is 0 Å². The molecule has 1 aliphatic carbocycles. The minimum Gasteiger partial charge on any atom is -0.481 e. The van der Waals surface area contributed by atoms with Crippen molar-refractivity contribution in [3.63, 3.8) is 0 Å². The number of carbonyl (C=O) groups is 2. The fourth-order valence-corrected chi connectivity index (χ4v) is 2.52. The highest BCUT2D eigenvalue weighted by Gasteiger charge is 2.34. The zero-order chi connectivity index (χ0) is 14.7. The van der Waals surface area contributed by atoms with Crippen LogP contribution in [-0.4, -0.2) is 17.0 Å². The van der Waals surface area contributed by atoms with Gasteiger partial charge in [0.1, 0.15) is 0 Å². The Balaban J connectivity index is 2.17. The van der Waals surface area contributed by atoms with Gasteiger partial charge in [-0.25, -0.2) is 0 Å². The predicted molar refractivity (Wildman–Crippen MR) is 77.8 cm³/mol. The lowest BCUT2D eigenvalue weighted by Gasteiger charge is -2.24. The Morgan fingerprint density at radius 2 is 1.90 bits per heavy atom. The molecule has 2 atom stereocenters. The Hall–Kier alpha value is -1.81. The van der Waals surface area contributed by atoms with Gasteiger partial charge in [0.2, 0.25) is 5.91 Å². The molecule has 1 amide bonds. The third-order valence-electron chi connectivity index (χ3n) is 3.61. The molecule has 0 heterocycles. The van der Waals surface area contributed by atoms with Crippen LogP contribution in [-0.2, 0) is 9.59 Å². The van der Waals surface area contributed by atoms with Crippen molar-refractivity contribution in [3.05, 3.63) is 40.9 Å². The molecule has 2 rings (SSSR count). The van der Waals surface area contributed by atoms with Gasteiger partial charge in [0.05, 0.1) is 11.8 Å². The summed E-state index contributed by atoms with van der Waals surface area (Å²) in [4.78, 5) is 23.5. The van der Waals surface area contributed by atoms with E-state index in [-0.39, 0.29) is 5.91 Å². The van der Waals surface area contributed by atoms with Gasteiger partial charge in [-0.1, -0.05) is 29.8 Å². The monoisotopic (exact) mass is 293 g/mol. The Morgan fingerprint density at radius 3 is 2.55 bits per heavy atom. The average Bonchev–Trinajstić information content (AvgIpc) is 2.43. The lowest BCUT2D eigenvalue weighted by molar-refractivity contribution is -0.146. The number of halogens is 1. The maximum absolute atomic E-state index is 12.3. The molecule has 20 heavy (non-hydrogen) atoms. The second kappa shape index (κ2) is 6.09. The second-order valence-corrected chi connectivity index (χ2v) is 5.30. The third kappa shape index (κ3) is 3.02. The fraction of sp³-hybridized carbons (Fsp3) is 0.333. The maximum atomic E-state index is 12.3. The summed E-state index contributed by atoms with van der Waals surface area (Å²) >= 11 is 6.01. The summed E-state index contributed by atoms with van der Waals surface area (Å²) in [7, 11) is 0. The third-order valence-corrected chi connectivity index (χ3v) is 4.02. The van der Waals surface area contributed by atoms with Crippen LogP contribution in [0.25, 0.3) is 0 Å². The van der Waals surface area contributed by atoms with E-state index >= 15 is 0 Å². The molecule has 0 unspecified atom stereocenters. The molecule has 106 valence electrons. The molecule has 1 aliphatic rings. The minimum atomic E-state index is -0.933. The first-order chi connectivity index (χ1) is 9.50. The lowest BCUT2D eigenvalue weighted by Crippen LogP contribution is -2.34. The summed E-state index contributed by atoms with van der Waals surface area (Å²) < 4.78 is 0. The molecule has 0 spiro atoms. The molecule has 0 radical (unpaired) electrons. The van der Waals surface area contributed by atoms with E-state index in [0.717, 1.165) is 5.56 Å². The van der Waals surface area contributed by atoms with Crippen LogP contribution in [0.15, 0.2) is 30.4 Å². The van der Waals surface area contributed by atoms with Crippen molar-refractivity contribution in [2.75, 3.05) is 5.32 Å². The van der Waals surface area contributed by atoms with E-state index in [1.807, 2.05) is 19.1 Å². The first kappa shape index (κ1) is 14.6. The number of hydrogen-bond acceptors (Lipinski definition) is 2. The topological polar surface area (TPSA) is 66.4 Å². The van der Waals surface area contributed by atoms with Gasteiger partial charge in [-0.2, -0.15) is 0 Å². The smallest absolute Gasteiger partial charge is 0.307 e. The Labute approximate surface area is 122 Å². The van der Waals surface area contributed by atoms with E-state index in [1.165, 1.54) is 0 Å². The summed E-state index contributed by atoms with van der Waals surface area (Å²) in [6, 6.07) is 5.25. The van der Waals surface area contributed by atoms with Gasteiger partial charge >= 0.3 is 5.97 Å². The summed E-state index contributed by atoms with van der Waals surface area (Å²) in [6.07, 6.45) is 4.51. The van der Waals surface area contributed by atoms with E-state index in [4.69, 9.17) is 11.6 Å². The zero-order valence-corrected chi connectivity index (χ0v) is 11.9. The second-order valence-electron chi connectivity index (χ2n) is 4.90. The van der Waals surface area contributed by atoms with Gasteiger partial charge < -0.3 is 10.4 Å².